The number of nitrogens with one attached hydrogen (secondary N) is 1. The van der Waals surface area contributed by atoms with Crippen molar-refractivity contribution in [2.45, 2.75) is 6.42 Å². The van der Waals surface area contributed by atoms with E-state index in [2.05, 4.69) is 15.4 Å². The lowest BCUT2D eigenvalue weighted by Gasteiger charge is -2.07. The SMILES string of the molecule is O=C(NCCc1ccncc1)c1cccc2c1cnn2-c1ccc(F)cc1. The highest BCUT2D eigenvalue weighted by Gasteiger charge is 2.13. The molecule has 0 bridgehead atoms. The van der Waals surface area contributed by atoms with Crippen LogP contribution >= 0.6 is 0 Å². The van der Waals surface area contributed by atoms with Crippen molar-refractivity contribution >= 4 is 16.8 Å². The number of carbonyl (C=O) groups excluding carboxylic acids is 1. The number of hydrogen-bond donors (Lipinski definition) is 1. The monoisotopic (exact) mass is 360 g/mol. The van der Waals surface area contributed by atoms with E-state index in [9.17, 15) is 9.18 Å². The van der Waals surface area contributed by atoms with Crippen LogP contribution in [0, 0.1) is 5.82 Å². The number of nitrogens with zero attached hydrogens (tertiary/aromatic N) is 3. The van der Waals surface area contributed by atoms with E-state index < -0.39 is 0 Å². The standard InChI is InChI=1S/C21H17FN4O/c22-16-4-6-17(7-5-16)26-20-3-1-2-18(19(20)14-25-26)21(27)24-13-10-15-8-11-23-12-9-15/h1-9,11-12,14H,10,13H2,(H,24,27). The Morgan fingerprint density at radius 1 is 1.04 bits per heavy atom. The molecule has 2 aromatic heterocycles. The maximum absolute atomic E-state index is 13.2. The second kappa shape index (κ2) is 7.37. The maximum atomic E-state index is 13.2. The summed E-state index contributed by atoms with van der Waals surface area (Å²) in [5.74, 6) is -0.446. The van der Waals surface area contributed by atoms with E-state index in [0.717, 1.165) is 28.6 Å². The molecule has 0 fully saturated rings. The van der Waals surface area contributed by atoms with Crippen LogP contribution in [0.15, 0.2) is 73.2 Å². The normalized spacial score (nSPS) is 10.9. The summed E-state index contributed by atoms with van der Waals surface area (Å²) in [5.41, 5.74) is 3.22. The average Bonchev–Trinajstić information content (AvgIpc) is 3.13. The molecule has 134 valence electrons. The number of pyridine rings is 1. The Hall–Kier alpha value is -3.54. The van der Waals surface area contributed by atoms with Crippen LogP contribution in [-0.2, 0) is 6.42 Å². The molecule has 2 aromatic carbocycles. The number of benzene rings is 2. The van der Waals surface area contributed by atoms with Crippen LogP contribution in [0.3, 0.4) is 0 Å². The first-order chi connectivity index (χ1) is 13.2. The maximum Gasteiger partial charge on any atom is 0.252 e. The first-order valence-corrected chi connectivity index (χ1v) is 8.62. The molecule has 0 unspecified atom stereocenters. The Morgan fingerprint density at radius 2 is 1.81 bits per heavy atom. The smallest absolute Gasteiger partial charge is 0.252 e. The molecule has 0 atom stereocenters. The third-order valence-electron chi connectivity index (χ3n) is 4.38. The minimum Gasteiger partial charge on any atom is -0.352 e. The van der Waals surface area contributed by atoms with Crippen LogP contribution in [0.5, 0.6) is 0 Å². The highest BCUT2D eigenvalue weighted by Crippen LogP contribution is 2.22. The van der Waals surface area contributed by atoms with Gasteiger partial charge >= 0.3 is 0 Å². The summed E-state index contributed by atoms with van der Waals surface area (Å²) < 4.78 is 14.9. The van der Waals surface area contributed by atoms with E-state index in [4.69, 9.17) is 0 Å². The van der Waals surface area contributed by atoms with Gasteiger partial charge in [0.15, 0.2) is 0 Å². The molecule has 4 rings (SSSR count). The van der Waals surface area contributed by atoms with Crippen molar-refractivity contribution in [1.29, 1.82) is 0 Å². The Kier molecular flexibility index (Phi) is 4.61. The van der Waals surface area contributed by atoms with Gasteiger partial charge < -0.3 is 5.32 Å². The summed E-state index contributed by atoms with van der Waals surface area (Å²) in [5, 5.41) is 8.08. The van der Waals surface area contributed by atoms with Gasteiger partial charge in [0.25, 0.3) is 5.91 Å². The van der Waals surface area contributed by atoms with Crippen LogP contribution in [0.2, 0.25) is 0 Å². The zero-order valence-corrected chi connectivity index (χ0v) is 14.5. The van der Waals surface area contributed by atoms with Gasteiger partial charge in [0.2, 0.25) is 0 Å². The van der Waals surface area contributed by atoms with Gasteiger partial charge in [-0.1, -0.05) is 6.07 Å². The van der Waals surface area contributed by atoms with E-state index in [1.165, 1.54) is 12.1 Å². The molecule has 0 aliphatic carbocycles. The molecule has 0 aliphatic rings. The predicted octanol–water partition coefficient (Wildman–Crippen LogP) is 3.53. The average molecular weight is 360 g/mol. The van der Waals surface area contributed by atoms with Gasteiger partial charge in [0.1, 0.15) is 5.82 Å². The Balaban J connectivity index is 1.55. The number of aromatic nitrogens is 3. The molecular weight excluding hydrogens is 343 g/mol. The molecule has 0 radical (unpaired) electrons. The number of carbonyl (C=O) groups is 1. The molecule has 5 nitrogen and oxygen atoms in total. The van der Waals surface area contributed by atoms with Gasteiger partial charge in [-0.25, -0.2) is 9.07 Å². The second-order valence-electron chi connectivity index (χ2n) is 6.13. The van der Waals surface area contributed by atoms with Crippen molar-refractivity contribution in [3.8, 4) is 5.69 Å². The zero-order chi connectivity index (χ0) is 18.6. The van der Waals surface area contributed by atoms with Gasteiger partial charge in [0.05, 0.1) is 23.0 Å². The summed E-state index contributed by atoms with van der Waals surface area (Å²) in [4.78, 5) is 16.6. The summed E-state index contributed by atoms with van der Waals surface area (Å²) in [6.45, 7) is 0.533. The van der Waals surface area contributed by atoms with E-state index in [1.807, 2.05) is 24.3 Å². The van der Waals surface area contributed by atoms with E-state index in [0.29, 0.717) is 12.1 Å². The Morgan fingerprint density at radius 3 is 2.59 bits per heavy atom. The predicted molar refractivity (Wildman–Crippen MR) is 101 cm³/mol. The Bertz CT molecular complexity index is 1070. The van der Waals surface area contributed by atoms with Crippen LogP contribution < -0.4 is 5.32 Å². The third kappa shape index (κ3) is 3.55. The van der Waals surface area contributed by atoms with Crippen molar-refractivity contribution in [2.75, 3.05) is 6.54 Å². The zero-order valence-electron chi connectivity index (χ0n) is 14.5. The lowest BCUT2D eigenvalue weighted by Crippen LogP contribution is -2.25. The van der Waals surface area contributed by atoms with Gasteiger partial charge in [-0.15, -0.1) is 0 Å². The fraction of sp³-hybridized carbons (Fsp3) is 0.0952. The molecule has 2 heterocycles. The number of fused-ring (bicyclic) bond motifs is 1. The molecule has 1 amide bonds. The molecular formula is C21H17FN4O. The van der Waals surface area contributed by atoms with Crippen molar-refractivity contribution in [3.05, 3.63) is 90.1 Å². The van der Waals surface area contributed by atoms with Crippen LogP contribution in [0.1, 0.15) is 15.9 Å². The van der Waals surface area contributed by atoms with Crippen LogP contribution in [-0.4, -0.2) is 27.2 Å². The number of halogens is 1. The molecule has 27 heavy (non-hydrogen) atoms. The summed E-state index contributed by atoms with van der Waals surface area (Å²) in [7, 11) is 0. The van der Waals surface area contributed by atoms with Crippen LogP contribution in [0.25, 0.3) is 16.6 Å². The van der Waals surface area contributed by atoms with Gasteiger partial charge in [-0.05, 0) is 60.5 Å². The minimum absolute atomic E-state index is 0.145. The lowest BCUT2D eigenvalue weighted by atomic mass is 10.1. The van der Waals surface area contributed by atoms with Gasteiger partial charge in [0, 0.05) is 24.3 Å². The lowest BCUT2D eigenvalue weighted by molar-refractivity contribution is 0.0956. The number of hydrogen-bond acceptors (Lipinski definition) is 3. The molecule has 0 saturated heterocycles. The summed E-state index contributed by atoms with van der Waals surface area (Å²) >= 11 is 0. The highest BCUT2D eigenvalue weighted by molar-refractivity contribution is 6.06. The third-order valence-corrected chi connectivity index (χ3v) is 4.38. The van der Waals surface area contributed by atoms with Gasteiger partial charge in [-0.3, -0.25) is 9.78 Å². The topological polar surface area (TPSA) is 59.8 Å². The number of rotatable bonds is 5. The highest BCUT2D eigenvalue weighted by atomic mass is 19.1. The minimum atomic E-state index is -0.301. The molecule has 1 N–H and O–H groups in total. The molecule has 4 aromatic rings. The first-order valence-electron chi connectivity index (χ1n) is 8.62. The van der Waals surface area contributed by atoms with Crippen molar-refractivity contribution in [3.63, 3.8) is 0 Å². The van der Waals surface area contributed by atoms with E-state index >= 15 is 0 Å². The van der Waals surface area contributed by atoms with Crippen molar-refractivity contribution in [1.82, 2.24) is 20.1 Å². The molecule has 0 aliphatic heterocycles. The number of amides is 1. The van der Waals surface area contributed by atoms with Gasteiger partial charge in [-0.2, -0.15) is 5.10 Å². The quantitative estimate of drug-likeness (QED) is 0.592. The van der Waals surface area contributed by atoms with E-state index in [-0.39, 0.29) is 11.7 Å². The Labute approximate surface area is 155 Å². The largest absolute Gasteiger partial charge is 0.352 e. The summed E-state index contributed by atoms with van der Waals surface area (Å²) in [6.07, 6.45) is 5.87. The molecule has 0 saturated carbocycles. The van der Waals surface area contributed by atoms with Crippen molar-refractivity contribution < 1.29 is 9.18 Å². The van der Waals surface area contributed by atoms with E-state index in [1.54, 1.807) is 41.5 Å². The van der Waals surface area contributed by atoms with Crippen LogP contribution in [0.4, 0.5) is 4.39 Å². The second-order valence-corrected chi connectivity index (χ2v) is 6.13. The first kappa shape index (κ1) is 16.9. The van der Waals surface area contributed by atoms with Crippen molar-refractivity contribution in [2.24, 2.45) is 0 Å². The molecule has 0 spiro atoms. The summed E-state index contributed by atoms with van der Waals surface area (Å²) in [6, 6.07) is 15.4. The fourth-order valence-corrected chi connectivity index (χ4v) is 3.00. The molecule has 6 heteroatoms. The fourth-order valence-electron chi connectivity index (χ4n) is 3.00.